The van der Waals surface area contributed by atoms with Crippen molar-refractivity contribution in [1.29, 1.82) is 0 Å². The minimum atomic E-state index is 0.284. The smallest absolute Gasteiger partial charge is 0.0593 e. The number of unbranched alkanes of at least 4 members (excludes halogenated alkanes) is 1. The zero-order chi connectivity index (χ0) is 15.2. The molecule has 1 spiro atoms. The van der Waals surface area contributed by atoms with Crippen molar-refractivity contribution in [2.45, 2.75) is 83.2 Å². The normalized spacial score (nSPS) is 29.9. The van der Waals surface area contributed by atoms with Crippen molar-refractivity contribution in [1.82, 2.24) is 10.2 Å². The van der Waals surface area contributed by atoms with Crippen molar-refractivity contribution in [2.24, 2.45) is 0 Å². The van der Waals surface area contributed by atoms with Crippen LogP contribution in [0.5, 0.6) is 0 Å². The summed E-state index contributed by atoms with van der Waals surface area (Å²) >= 11 is 0. The van der Waals surface area contributed by atoms with Crippen LogP contribution in [0.4, 0.5) is 0 Å². The summed E-state index contributed by atoms with van der Waals surface area (Å²) in [6.45, 7) is 12.2. The number of ether oxygens (including phenoxy) is 1. The molecule has 1 heterocycles. The van der Waals surface area contributed by atoms with E-state index in [-0.39, 0.29) is 5.54 Å². The summed E-state index contributed by atoms with van der Waals surface area (Å²) in [6.07, 6.45) is 10.6. The Bertz CT molecular complexity index is 302. The number of hydrogen-bond acceptors (Lipinski definition) is 3. The molecule has 0 radical (unpaired) electrons. The molecule has 124 valence electrons. The van der Waals surface area contributed by atoms with Crippen molar-refractivity contribution in [3.05, 3.63) is 0 Å². The fourth-order valence-electron chi connectivity index (χ4n) is 3.91. The molecular weight excluding hydrogens is 260 g/mol. The van der Waals surface area contributed by atoms with E-state index >= 15 is 0 Å². The minimum absolute atomic E-state index is 0.284. The second-order valence-electron chi connectivity index (χ2n) is 7.44. The molecule has 2 rings (SSSR count). The van der Waals surface area contributed by atoms with Crippen LogP contribution in [0.2, 0.25) is 0 Å². The van der Waals surface area contributed by atoms with E-state index < -0.39 is 0 Å². The van der Waals surface area contributed by atoms with Crippen LogP contribution in [0.15, 0.2) is 0 Å². The Morgan fingerprint density at radius 2 is 1.86 bits per heavy atom. The third-order valence-electron chi connectivity index (χ3n) is 5.77. The summed E-state index contributed by atoms with van der Waals surface area (Å²) in [5.41, 5.74) is 0.702. The average Bonchev–Trinajstić information content (AvgIpc) is 2.52. The Hall–Kier alpha value is -0.120. The largest absolute Gasteiger partial charge is 0.380 e. The summed E-state index contributed by atoms with van der Waals surface area (Å²) in [7, 11) is 0. The van der Waals surface area contributed by atoms with E-state index in [1.165, 1.54) is 64.5 Å². The maximum absolute atomic E-state index is 5.85. The Balaban J connectivity index is 1.92. The van der Waals surface area contributed by atoms with Crippen LogP contribution in [0.3, 0.4) is 0 Å². The molecule has 2 aliphatic rings. The van der Waals surface area contributed by atoms with Crippen LogP contribution in [-0.4, -0.2) is 48.8 Å². The Kier molecular flexibility index (Phi) is 6.51. The van der Waals surface area contributed by atoms with Crippen molar-refractivity contribution >= 4 is 0 Å². The molecule has 0 bridgehead atoms. The van der Waals surface area contributed by atoms with E-state index in [1.807, 2.05) is 0 Å². The molecule has 21 heavy (non-hydrogen) atoms. The molecule has 0 aromatic heterocycles. The molecule has 1 saturated carbocycles. The molecule has 3 heteroatoms. The van der Waals surface area contributed by atoms with Crippen LogP contribution in [0.1, 0.15) is 72.1 Å². The Morgan fingerprint density at radius 3 is 2.52 bits per heavy atom. The highest BCUT2D eigenvalue weighted by Crippen LogP contribution is 2.37. The first kappa shape index (κ1) is 17.2. The van der Waals surface area contributed by atoms with E-state index in [0.717, 1.165) is 19.8 Å². The maximum Gasteiger partial charge on any atom is 0.0593 e. The first-order valence-electron chi connectivity index (χ1n) is 9.22. The second-order valence-corrected chi connectivity index (χ2v) is 7.44. The number of nitrogens with zero attached hydrogens (tertiary/aromatic N) is 1. The van der Waals surface area contributed by atoms with Gasteiger partial charge in [0.25, 0.3) is 0 Å². The zero-order valence-electron chi connectivity index (χ0n) is 14.5. The molecule has 0 aromatic carbocycles. The van der Waals surface area contributed by atoms with Gasteiger partial charge in [0.2, 0.25) is 0 Å². The summed E-state index contributed by atoms with van der Waals surface area (Å²) < 4.78 is 5.85. The maximum atomic E-state index is 5.85. The van der Waals surface area contributed by atoms with Crippen LogP contribution in [-0.2, 0) is 4.74 Å². The molecule has 2 fully saturated rings. The van der Waals surface area contributed by atoms with Gasteiger partial charge in [0.1, 0.15) is 0 Å². The number of nitrogens with one attached hydrogen (secondary N) is 1. The monoisotopic (exact) mass is 296 g/mol. The fraction of sp³-hybridized carbons (Fsp3) is 1.00. The van der Waals surface area contributed by atoms with E-state index in [2.05, 4.69) is 31.0 Å². The topological polar surface area (TPSA) is 24.5 Å². The minimum Gasteiger partial charge on any atom is -0.380 e. The van der Waals surface area contributed by atoms with Gasteiger partial charge < -0.3 is 10.1 Å². The molecule has 1 unspecified atom stereocenters. The van der Waals surface area contributed by atoms with Crippen molar-refractivity contribution in [3.8, 4) is 0 Å². The van der Waals surface area contributed by atoms with E-state index in [1.54, 1.807) is 0 Å². The number of rotatable bonds is 7. The molecule has 3 nitrogen and oxygen atoms in total. The predicted octanol–water partition coefficient (Wildman–Crippen LogP) is 3.58. The van der Waals surface area contributed by atoms with Crippen molar-refractivity contribution in [3.63, 3.8) is 0 Å². The first-order valence-corrected chi connectivity index (χ1v) is 9.22. The van der Waals surface area contributed by atoms with Gasteiger partial charge >= 0.3 is 0 Å². The van der Waals surface area contributed by atoms with Gasteiger partial charge in [-0.1, -0.05) is 39.5 Å². The van der Waals surface area contributed by atoms with Gasteiger partial charge in [0, 0.05) is 37.3 Å². The molecule has 0 aromatic rings. The average molecular weight is 296 g/mol. The lowest BCUT2D eigenvalue weighted by Crippen LogP contribution is -2.69. The van der Waals surface area contributed by atoms with Gasteiger partial charge in [0.15, 0.2) is 0 Å². The Morgan fingerprint density at radius 1 is 1.10 bits per heavy atom. The lowest BCUT2D eigenvalue weighted by molar-refractivity contribution is -0.0322. The predicted molar refractivity (Wildman–Crippen MR) is 89.8 cm³/mol. The van der Waals surface area contributed by atoms with Gasteiger partial charge in [0.05, 0.1) is 6.61 Å². The second kappa shape index (κ2) is 7.94. The quantitative estimate of drug-likeness (QED) is 0.727. The molecule has 1 N–H and O–H groups in total. The molecular formula is C18H36N2O. The lowest BCUT2D eigenvalue weighted by Gasteiger charge is -2.55. The molecule has 1 aliphatic heterocycles. The van der Waals surface area contributed by atoms with Crippen LogP contribution in [0.25, 0.3) is 0 Å². The third kappa shape index (κ3) is 4.43. The van der Waals surface area contributed by atoms with Crippen LogP contribution in [0, 0.1) is 0 Å². The number of hydrogen-bond donors (Lipinski definition) is 1. The van der Waals surface area contributed by atoms with Gasteiger partial charge in [-0.05, 0) is 32.6 Å². The summed E-state index contributed by atoms with van der Waals surface area (Å²) in [5.74, 6) is 0. The Labute approximate surface area is 131 Å². The van der Waals surface area contributed by atoms with Gasteiger partial charge in [-0.3, -0.25) is 4.90 Å². The molecule has 1 atom stereocenters. The highest BCUT2D eigenvalue weighted by atomic mass is 16.5. The molecule has 0 amide bonds. The van der Waals surface area contributed by atoms with Crippen molar-refractivity contribution in [2.75, 3.05) is 32.8 Å². The summed E-state index contributed by atoms with van der Waals surface area (Å²) in [5, 5.41) is 3.86. The van der Waals surface area contributed by atoms with Gasteiger partial charge in [-0.15, -0.1) is 0 Å². The highest BCUT2D eigenvalue weighted by molar-refractivity contribution is 5.04. The van der Waals surface area contributed by atoms with E-state index in [9.17, 15) is 0 Å². The van der Waals surface area contributed by atoms with E-state index in [4.69, 9.17) is 4.74 Å². The van der Waals surface area contributed by atoms with Crippen LogP contribution < -0.4 is 5.32 Å². The first-order chi connectivity index (χ1) is 10.1. The molecule has 1 aliphatic carbocycles. The third-order valence-corrected chi connectivity index (χ3v) is 5.77. The van der Waals surface area contributed by atoms with E-state index in [0.29, 0.717) is 5.54 Å². The molecule has 1 saturated heterocycles. The fourth-order valence-corrected chi connectivity index (χ4v) is 3.91. The van der Waals surface area contributed by atoms with Gasteiger partial charge in [-0.2, -0.15) is 0 Å². The lowest BCUT2D eigenvalue weighted by atomic mass is 9.76. The number of piperazine rings is 1. The summed E-state index contributed by atoms with van der Waals surface area (Å²) in [6, 6.07) is 0. The standard InChI is InChI=1S/C18H36N2O/c1-4-6-13-21-14-12-20-16-17(3,5-2)19-15-18(20)10-8-7-9-11-18/h19H,4-16H2,1-3H3. The highest BCUT2D eigenvalue weighted by Gasteiger charge is 2.44. The summed E-state index contributed by atoms with van der Waals surface area (Å²) in [4.78, 5) is 2.78. The van der Waals surface area contributed by atoms with Crippen LogP contribution >= 0.6 is 0 Å². The van der Waals surface area contributed by atoms with Crippen molar-refractivity contribution < 1.29 is 4.74 Å². The van der Waals surface area contributed by atoms with Gasteiger partial charge in [-0.25, -0.2) is 0 Å². The SMILES string of the molecule is CCCCOCCN1CC(C)(CC)NCC12CCCCC2. The zero-order valence-corrected chi connectivity index (χ0v) is 14.5.